The molecular formula is C13H16FNO. The summed E-state index contributed by atoms with van der Waals surface area (Å²) in [6.07, 6.45) is -0.0169. The van der Waals surface area contributed by atoms with Gasteiger partial charge in [-0.3, -0.25) is 0 Å². The minimum Gasteiger partial charge on any atom is -0.488 e. The van der Waals surface area contributed by atoms with Crippen molar-refractivity contribution in [2.75, 3.05) is 0 Å². The second-order valence-corrected chi connectivity index (χ2v) is 4.32. The topological polar surface area (TPSA) is 14.2 Å². The molecule has 3 heteroatoms. The second-order valence-electron chi connectivity index (χ2n) is 4.32. The van der Waals surface area contributed by atoms with Crippen LogP contribution in [-0.4, -0.2) is 10.7 Å². The lowest BCUT2D eigenvalue weighted by Gasteiger charge is -2.11. The molecule has 0 saturated carbocycles. The van der Waals surface area contributed by atoms with E-state index in [2.05, 4.69) is 0 Å². The second kappa shape index (κ2) is 3.81. The molecule has 0 fully saturated rings. The van der Waals surface area contributed by atoms with E-state index in [1.165, 1.54) is 0 Å². The lowest BCUT2D eigenvalue weighted by Crippen LogP contribution is -2.06. The molecule has 2 nitrogen and oxygen atoms in total. The number of hydrogen-bond donors (Lipinski definition) is 0. The van der Waals surface area contributed by atoms with Crippen LogP contribution in [0.15, 0.2) is 18.2 Å². The van der Waals surface area contributed by atoms with Gasteiger partial charge in [-0.2, -0.15) is 0 Å². The molecule has 0 radical (unpaired) electrons. The first-order valence-electron chi connectivity index (χ1n) is 5.42. The standard InChI is InChI=1S/C13H16FNO/c1-8(2)16-12-6-5-11-10(13(12)14)7-9(3)15(11)4/h5-8H,1-4H3. The summed E-state index contributed by atoms with van der Waals surface area (Å²) in [5, 5.41) is 0.623. The van der Waals surface area contributed by atoms with E-state index in [1.807, 2.05) is 44.5 Å². The predicted molar refractivity (Wildman–Crippen MR) is 63.4 cm³/mol. The number of hydrogen-bond acceptors (Lipinski definition) is 1. The Bertz CT molecular complexity index is 528. The van der Waals surface area contributed by atoms with E-state index >= 15 is 0 Å². The van der Waals surface area contributed by atoms with Crippen molar-refractivity contribution in [2.24, 2.45) is 7.05 Å². The zero-order chi connectivity index (χ0) is 11.9. The minimum absolute atomic E-state index is 0.0169. The SMILES string of the molecule is Cc1cc2c(F)c(OC(C)C)ccc2n1C. The molecule has 86 valence electrons. The van der Waals surface area contributed by atoms with E-state index in [-0.39, 0.29) is 11.9 Å². The fourth-order valence-electron chi connectivity index (χ4n) is 1.83. The van der Waals surface area contributed by atoms with E-state index in [0.717, 1.165) is 11.2 Å². The number of aryl methyl sites for hydroxylation is 2. The van der Waals surface area contributed by atoms with Crippen LogP contribution in [0, 0.1) is 12.7 Å². The van der Waals surface area contributed by atoms with Crippen molar-refractivity contribution in [2.45, 2.75) is 26.9 Å². The first kappa shape index (κ1) is 11.0. The number of aromatic nitrogens is 1. The number of fused-ring (bicyclic) bond motifs is 1. The number of rotatable bonds is 2. The summed E-state index contributed by atoms with van der Waals surface area (Å²) < 4.78 is 21.5. The summed E-state index contributed by atoms with van der Waals surface area (Å²) in [5.41, 5.74) is 1.93. The van der Waals surface area contributed by atoms with Gasteiger partial charge in [0, 0.05) is 18.1 Å². The molecule has 0 bridgehead atoms. The van der Waals surface area contributed by atoms with Crippen molar-refractivity contribution in [3.8, 4) is 5.75 Å². The average Bonchev–Trinajstić information content (AvgIpc) is 2.49. The Hall–Kier alpha value is -1.51. The summed E-state index contributed by atoms with van der Waals surface area (Å²) in [6.45, 7) is 5.74. The molecule has 0 aliphatic rings. The van der Waals surface area contributed by atoms with Crippen molar-refractivity contribution >= 4 is 10.9 Å². The molecular weight excluding hydrogens is 205 g/mol. The van der Waals surface area contributed by atoms with Crippen LogP contribution in [0.4, 0.5) is 4.39 Å². The van der Waals surface area contributed by atoms with Crippen LogP contribution in [0.25, 0.3) is 10.9 Å². The normalized spacial score (nSPS) is 11.4. The molecule has 0 spiro atoms. The predicted octanol–water partition coefficient (Wildman–Crippen LogP) is 3.41. The third-order valence-corrected chi connectivity index (χ3v) is 2.73. The molecule has 0 unspecified atom stereocenters. The van der Waals surface area contributed by atoms with Gasteiger partial charge in [0.25, 0.3) is 0 Å². The summed E-state index contributed by atoms with van der Waals surface area (Å²) in [4.78, 5) is 0. The first-order valence-corrected chi connectivity index (χ1v) is 5.42. The monoisotopic (exact) mass is 221 g/mol. The lowest BCUT2D eigenvalue weighted by atomic mass is 10.2. The van der Waals surface area contributed by atoms with Crippen molar-refractivity contribution in [3.63, 3.8) is 0 Å². The molecule has 2 rings (SSSR count). The average molecular weight is 221 g/mol. The van der Waals surface area contributed by atoms with Crippen LogP contribution in [0.3, 0.4) is 0 Å². The Kier molecular flexibility index (Phi) is 2.62. The highest BCUT2D eigenvalue weighted by Crippen LogP contribution is 2.28. The fourth-order valence-corrected chi connectivity index (χ4v) is 1.83. The van der Waals surface area contributed by atoms with Crippen molar-refractivity contribution < 1.29 is 9.13 Å². The number of benzene rings is 1. The zero-order valence-electron chi connectivity index (χ0n) is 10.0. The molecule has 2 aromatic rings. The van der Waals surface area contributed by atoms with Gasteiger partial charge in [-0.25, -0.2) is 4.39 Å². The Morgan fingerprint density at radius 2 is 2.00 bits per heavy atom. The molecule has 0 N–H and O–H groups in total. The third kappa shape index (κ3) is 1.66. The van der Waals surface area contributed by atoms with Crippen LogP contribution >= 0.6 is 0 Å². The molecule has 0 saturated heterocycles. The first-order chi connectivity index (χ1) is 7.50. The van der Waals surface area contributed by atoms with Crippen LogP contribution in [-0.2, 0) is 7.05 Å². The molecule has 16 heavy (non-hydrogen) atoms. The lowest BCUT2D eigenvalue weighted by molar-refractivity contribution is 0.232. The van der Waals surface area contributed by atoms with Crippen LogP contribution < -0.4 is 4.74 Å². The van der Waals surface area contributed by atoms with E-state index in [9.17, 15) is 4.39 Å². The van der Waals surface area contributed by atoms with Crippen molar-refractivity contribution in [1.29, 1.82) is 0 Å². The summed E-state index contributed by atoms with van der Waals surface area (Å²) in [7, 11) is 1.93. The molecule has 0 aliphatic heterocycles. The largest absolute Gasteiger partial charge is 0.488 e. The van der Waals surface area contributed by atoms with Gasteiger partial charge in [-0.1, -0.05) is 0 Å². The Balaban J connectivity index is 2.61. The molecule has 1 heterocycles. The number of nitrogens with zero attached hydrogens (tertiary/aromatic N) is 1. The molecule has 0 atom stereocenters. The van der Waals surface area contributed by atoms with Gasteiger partial charge in [0.15, 0.2) is 11.6 Å². The van der Waals surface area contributed by atoms with Crippen molar-refractivity contribution in [1.82, 2.24) is 4.57 Å². The molecule has 1 aromatic carbocycles. The number of halogens is 1. The molecule has 1 aromatic heterocycles. The van der Waals surface area contributed by atoms with Gasteiger partial charge in [0.1, 0.15) is 0 Å². The van der Waals surface area contributed by atoms with E-state index in [0.29, 0.717) is 11.1 Å². The number of ether oxygens (including phenoxy) is 1. The maximum Gasteiger partial charge on any atom is 0.174 e. The third-order valence-electron chi connectivity index (χ3n) is 2.73. The van der Waals surface area contributed by atoms with E-state index < -0.39 is 0 Å². The Labute approximate surface area is 94.6 Å². The highest BCUT2D eigenvalue weighted by atomic mass is 19.1. The van der Waals surface area contributed by atoms with Gasteiger partial charge >= 0.3 is 0 Å². The summed E-state index contributed by atoms with van der Waals surface area (Å²) in [6, 6.07) is 5.43. The van der Waals surface area contributed by atoms with Crippen LogP contribution in [0.5, 0.6) is 5.75 Å². The van der Waals surface area contributed by atoms with Gasteiger partial charge < -0.3 is 9.30 Å². The van der Waals surface area contributed by atoms with Crippen LogP contribution in [0.1, 0.15) is 19.5 Å². The highest BCUT2D eigenvalue weighted by molar-refractivity contribution is 5.83. The fraction of sp³-hybridized carbons (Fsp3) is 0.385. The summed E-state index contributed by atoms with van der Waals surface area (Å²) >= 11 is 0. The quantitative estimate of drug-likeness (QED) is 0.758. The van der Waals surface area contributed by atoms with Gasteiger partial charge in [-0.15, -0.1) is 0 Å². The summed E-state index contributed by atoms with van der Waals surface area (Å²) in [5.74, 6) is 0.0583. The molecule has 0 aliphatic carbocycles. The Morgan fingerprint density at radius 1 is 1.31 bits per heavy atom. The zero-order valence-corrected chi connectivity index (χ0v) is 10.0. The van der Waals surface area contributed by atoms with Crippen molar-refractivity contribution in [3.05, 3.63) is 29.7 Å². The maximum absolute atomic E-state index is 14.1. The Morgan fingerprint density at radius 3 is 2.62 bits per heavy atom. The van der Waals surface area contributed by atoms with E-state index in [4.69, 9.17) is 4.74 Å². The van der Waals surface area contributed by atoms with Gasteiger partial charge in [0.05, 0.1) is 11.6 Å². The van der Waals surface area contributed by atoms with Gasteiger partial charge in [-0.05, 0) is 39.0 Å². The highest BCUT2D eigenvalue weighted by Gasteiger charge is 2.13. The van der Waals surface area contributed by atoms with Crippen LogP contribution in [0.2, 0.25) is 0 Å². The smallest absolute Gasteiger partial charge is 0.174 e. The molecule has 0 amide bonds. The maximum atomic E-state index is 14.1. The minimum atomic E-state index is -0.269. The van der Waals surface area contributed by atoms with E-state index in [1.54, 1.807) is 6.07 Å². The van der Waals surface area contributed by atoms with Gasteiger partial charge in [0.2, 0.25) is 0 Å².